The number of aromatic nitrogens is 2. The average Bonchev–Trinajstić information content (AvgIpc) is 2.86. The Kier molecular flexibility index (Phi) is 5.84. The van der Waals surface area contributed by atoms with Gasteiger partial charge < -0.3 is 0 Å². The summed E-state index contributed by atoms with van der Waals surface area (Å²) in [5.74, 6) is -0.334. The van der Waals surface area contributed by atoms with Crippen molar-refractivity contribution >= 4 is 11.6 Å². The Morgan fingerprint density at radius 2 is 2.00 bits per heavy atom. The number of hydrogen-bond donors (Lipinski definition) is 0. The monoisotopic (exact) mass is 329 g/mol. The van der Waals surface area contributed by atoms with Crippen molar-refractivity contribution in [2.24, 2.45) is 0 Å². The minimum absolute atomic E-state index is 0.0952. The number of unbranched alkanes of at least 4 members (excludes halogenated alkanes) is 3. The molecule has 0 fully saturated rings. The van der Waals surface area contributed by atoms with Gasteiger partial charge in [0.1, 0.15) is 0 Å². The van der Waals surface area contributed by atoms with Crippen LogP contribution in [0.25, 0.3) is 0 Å². The zero-order chi connectivity index (χ0) is 17.7. The van der Waals surface area contributed by atoms with Crippen molar-refractivity contribution in [3.63, 3.8) is 0 Å². The molecule has 0 spiro atoms. The topological polar surface area (TPSA) is 78.0 Å². The normalized spacial score (nSPS) is 10.8. The summed E-state index contributed by atoms with van der Waals surface area (Å²) in [5.41, 5.74) is 2.95. The quantitative estimate of drug-likeness (QED) is 0.433. The summed E-state index contributed by atoms with van der Waals surface area (Å²) in [6.45, 7) is 5.95. The van der Waals surface area contributed by atoms with Gasteiger partial charge in [0.25, 0.3) is 11.6 Å². The van der Waals surface area contributed by atoms with Crippen molar-refractivity contribution in [1.82, 2.24) is 9.78 Å². The fourth-order valence-electron chi connectivity index (χ4n) is 2.84. The molecule has 0 aliphatic carbocycles. The highest BCUT2D eigenvalue weighted by Gasteiger charge is 2.19. The zero-order valence-electron chi connectivity index (χ0n) is 14.4. The molecule has 0 saturated carbocycles. The van der Waals surface area contributed by atoms with E-state index in [1.807, 2.05) is 13.8 Å². The Hall–Kier alpha value is -2.50. The zero-order valence-corrected chi connectivity index (χ0v) is 14.4. The highest BCUT2D eigenvalue weighted by atomic mass is 16.6. The lowest BCUT2D eigenvalue weighted by Crippen LogP contribution is -2.15. The van der Waals surface area contributed by atoms with Crippen LogP contribution in [-0.4, -0.2) is 20.6 Å². The van der Waals surface area contributed by atoms with E-state index >= 15 is 0 Å². The number of nitro benzene ring substituents is 1. The highest BCUT2D eigenvalue weighted by molar-refractivity contribution is 5.96. The maximum atomic E-state index is 12.7. The van der Waals surface area contributed by atoms with E-state index in [0.717, 1.165) is 29.8 Å². The number of carbonyl (C=O) groups excluding carboxylic acids is 1. The molecule has 2 aromatic rings. The largest absolute Gasteiger partial charge is 0.278 e. The first-order valence-electron chi connectivity index (χ1n) is 8.30. The first-order chi connectivity index (χ1) is 11.5. The van der Waals surface area contributed by atoms with Gasteiger partial charge in [0, 0.05) is 23.4 Å². The standard InChI is InChI=1S/C18H23N3O3/c1-4-5-6-7-11-17-13(2)19-20(14(17)3)18(22)15-9-8-10-16(12-15)21(23)24/h8-10,12H,4-7,11H2,1-3H3. The van der Waals surface area contributed by atoms with Gasteiger partial charge in [-0.05, 0) is 38.3 Å². The molecule has 1 aromatic carbocycles. The Morgan fingerprint density at radius 1 is 1.25 bits per heavy atom. The van der Waals surface area contributed by atoms with Crippen molar-refractivity contribution in [1.29, 1.82) is 0 Å². The molecule has 0 radical (unpaired) electrons. The third-order valence-electron chi connectivity index (χ3n) is 4.22. The van der Waals surface area contributed by atoms with E-state index in [1.54, 1.807) is 6.07 Å². The molecular weight excluding hydrogens is 306 g/mol. The smallest absolute Gasteiger partial charge is 0.267 e. The minimum Gasteiger partial charge on any atom is -0.267 e. The van der Waals surface area contributed by atoms with Crippen LogP contribution in [0.3, 0.4) is 0 Å². The van der Waals surface area contributed by atoms with Gasteiger partial charge in [-0.2, -0.15) is 5.10 Å². The minimum atomic E-state index is -0.503. The van der Waals surface area contributed by atoms with E-state index in [9.17, 15) is 14.9 Å². The number of benzene rings is 1. The van der Waals surface area contributed by atoms with Gasteiger partial charge in [-0.25, -0.2) is 4.68 Å². The van der Waals surface area contributed by atoms with Gasteiger partial charge in [-0.1, -0.05) is 32.3 Å². The van der Waals surface area contributed by atoms with Crippen molar-refractivity contribution in [3.8, 4) is 0 Å². The molecule has 0 bridgehead atoms. The maximum absolute atomic E-state index is 12.7. The summed E-state index contributed by atoms with van der Waals surface area (Å²) < 4.78 is 1.36. The van der Waals surface area contributed by atoms with Gasteiger partial charge in [-0.3, -0.25) is 14.9 Å². The summed E-state index contributed by atoms with van der Waals surface area (Å²) in [6, 6.07) is 5.76. The van der Waals surface area contributed by atoms with E-state index in [0.29, 0.717) is 0 Å². The van der Waals surface area contributed by atoms with Gasteiger partial charge in [0.05, 0.1) is 10.6 Å². The van der Waals surface area contributed by atoms with E-state index in [4.69, 9.17) is 0 Å². The Morgan fingerprint density at radius 3 is 2.67 bits per heavy atom. The molecule has 1 aromatic heterocycles. The molecule has 0 amide bonds. The summed E-state index contributed by atoms with van der Waals surface area (Å²) in [7, 11) is 0. The van der Waals surface area contributed by atoms with Crippen LogP contribution in [-0.2, 0) is 6.42 Å². The third kappa shape index (κ3) is 3.88. The Bertz CT molecular complexity index is 750. The molecule has 0 N–H and O–H groups in total. The number of non-ortho nitro benzene ring substituents is 1. The number of hydrogen-bond acceptors (Lipinski definition) is 4. The maximum Gasteiger partial charge on any atom is 0.278 e. The molecule has 1 heterocycles. The summed E-state index contributed by atoms with van der Waals surface area (Å²) in [6.07, 6.45) is 5.53. The van der Waals surface area contributed by atoms with E-state index in [1.165, 1.54) is 42.1 Å². The molecule has 2 rings (SSSR count). The van der Waals surface area contributed by atoms with Crippen LogP contribution in [0.4, 0.5) is 5.69 Å². The number of rotatable bonds is 7. The van der Waals surface area contributed by atoms with E-state index in [-0.39, 0.29) is 17.2 Å². The van der Waals surface area contributed by atoms with Gasteiger partial charge in [-0.15, -0.1) is 0 Å². The molecule has 0 atom stereocenters. The molecule has 0 aliphatic heterocycles. The Balaban J connectivity index is 2.24. The lowest BCUT2D eigenvalue weighted by atomic mass is 10.0. The molecule has 6 heteroatoms. The number of nitro groups is 1. The Labute approximate surface area is 141 Å². The van der Waals surface area contributed by atoms with Crippen molar-refractivity contribution < 1.29 is 9.72 Å². The fraction of sp³-hybridized carbons (Fsp3) is 0.444. The molecule has 0 aliphatic rings. The predicted octanol–water partition coefficient (Wildman–Crippen LogP) is 4.22. The van der Waals surface area contributed by atoms with Crippen molar-refractivity contribution in [2.75, 3.05) is 0 Å². The second-order valence-electron chi connectivity index (χ2n) is 5.98. The molecule has 0 saturated heterocycles. The third-order valence-corrected chi connectivity index (χ3v) is 4.22. The van der Waals surface area contributed by atoms with Gasteiger partial charge in [0.15, 0.2) is 0 Å². The predicted molar refractivity (Wildman–Crippen MR) is 92.4 cm³/mol. The number of aryl methyl sites for hydroxylation is 1. The number of carbonyl (C=O) groups is 1. The molecular formula is C18H23N3O3. The van der Waals surface area contributed by atoms with E-state index in [2.05, 4.69) is 12.0 Å². The van der Waals surface area contributed by atoms with Crippen LogP contribution in [0.15, 0.2) is 24.3 Å². The molecule has 24 heavy (non-hydrogen) atoms. The average molecular weight is 329 g/mol. The molecule has 128 valence electrons. The van der Waals surface area contributed by atoms with Crippen molar-refractivity contribution in [3.05, 3.63) is 56.9 Å². The first kappa shape index (κ1) is 17.8. The van der Waals surface area contributed by atoms with Crippen LogP contribution in [0.2, 0.25) is 0 Å². The van der Waals surface area contributed by atoms with Gasteiger partial charge in [0.2, 0.25) is 0 Å². The lowest BCUT2D eigenvalue weighted by Gasteiger charge is -2.05. The van der Waals surface area contributed by atoms with E-state index < -0.39 is 4.92 Å². The highest BCUT2D eigenvalue weighted by Crippen LogP contribution is 2.19. The second kappa shape index (κ2) is 7.86. The van der Waals surface area contributed by atoms with Gasteiger partial charge >= 0.3 is 0 Å². The lowest BCUT2D eigenvalue weighted by molar-refractivity contribution is -0.384. The van der Waals surface area contributed by atoms with Crippen LogP contribution >= 0.6 is 0 Å². The van der Waals surface area contributed by atoms with Crippen LogP contribution in [0, 0.1) is 24.0 Å². The van der Waals surface area contributed by atoms with Crippen molar-refractivity contribution in [2.45, 2.75) is 52.9 Å². The molecule has 0 unspecified atom stereocenters. The SMILES string of the molecule is CCCCCCc1c(C)nn(C(=O)c2cccc([N+](=O)[O-])c2)c1C. The summed E-state index contributed by atoms with van der Waals surface area (Å²) in [4.78, 5) is 23.0. The van der Waals surface area contributed by atoms with Crippen LogP contribution in [0.5, 0.6) is 0 Å². The summed E-state index contributed by atoms with van der Waals surface area (Å²) >= 11 is 0. The first-order valence-corrected chi connectivity index (χ1v) is 8.30. The second-order valence-corrected chi connectivity index (χ2v) is 5.98. The number of nitrogens with zero attached hydrogens (tertiary/aromatic N) is 3. The van der Waals surface area contributed by atoms with Crippen LogP contribution in [0.1, 0.15) is 59.9 Å². The molecule has 6 nitrogen and oxygen atoms in total. The van der Waals surface area contributed by atoms with Crippen LogP contribution < -0.4 is 0 Å². The summed E-state index contributed by atoms with van der Waals surface area (Å²) in [5, 5.41) is 15.2. The fourth-order valence-corrected chi connectivity index (χ4v) is 2.84.